The molecule has 0 amide bonds. The highest BCUT2D eigenvalue weighted by Crippen LogP contribution is 2.34. The summed E-state index contributed by atoms with van der Waals surface area (Å²) in [6.45, 7) is 2.79. The number of hydrogen-bond donors (Lipinski definition) is 1. The van der Waals surface area contributed by atoms with E-state index >= 15 is 0 Å². The Labute approximate surface area is 119 Å². The normalized spacial score (nSPS) is 20.1. The molecular weight excluding hydrogens is 295 g/mol. The number of hydrogen-bond acceptors (Lipinski definition) is 5. The standard InChI is InChI=1S/C11H15ClF3N5/c1-2-16-9-17-8(12)18-10(19-9)20-5-3-4-7(6-20)11(13,14)15/h7H,2-6H2,1H3,(H,16,17,18,19). The van der Waals surface area contributed by atoms with Gasteiger partial charge in [-0.15, -0.1) is 0 Å². The minimum Gasteiger partial charge on any atom is -0.354 e. The van der Waals surface area contributed by atoms with E-state index in [2.05, 4.69) is 20.3 Å². The Hall–Kier alpha value is -1.31. The highest BCUT2D eigenvalue weighted by atomic mass is 35.5. The Morgan fingerprint density at radius 3 is 2.75 bits per heavy atom. The number of halogens is 4. The first-order valence-corrected chi connectivity index (χ1v) is 6.75. The maximum atomic E-state index is 12.8. The molecule has 0 spiro atoms. The van der Waals surface area contributed by atoms with Crippen molar-refractivity contribution in [1.29, 1.82) is 0 Å². The van der Waals surface area contributed by atoms with Gasteiger partial charge in [0.05, 0.1) is 5.92 Å². The van der Waals surface area contributed by atoms with Gasteiger partial charge in [0.15, 0.2) is 0 Å². The maximum Gasteiger partial charge on any atom is 0.393 e. The third-order valence-electron chi connectivity index (χ3n) is 3.10. The van der Waals surface area contributed by atoms with Crippen molar-refractivity contribution in [2.24, 2.45) is 5.92 Å². The van der Waals surface area contributed by atoms with Crippen molar-refractivity contribution in [3.63, 3.8) is 0 Å². The van der Waals surface area contributed by atoms with Crippen LogP contribution >= 0.6 is 11.6 Å². The van der Waals surface area contributed by atoms with Crippen molar-refractivity contribution in [2.45, 2.75) is 25.9 Å². The molecule has 1 aliphatic rings. The van der Waals surface area contributed by atoms with Crippen LogP contribution in [-0.4, -0.2) is 40.8 Å². The van der Waals surface area contributed by atoms with E-state index in [1.165, 1.54) is 4.90 Å². The van der Waals surface area contributed by atoms with Crippen LogP contribution in [0.5, 0.6) is 0 Å². The third kappa shape index (κ3) is 3.62. The van der Waals surface area contributed by atoms with E-state index in [1.54, 1.807) is 0 Å². The lowest BCUT2D eigenvalue weighted by atomic mass is 9.98. The second-order valence-electron chi connectivity index (χ2n) is 4.59. The van der Waals surface area contributed by atoms with Crippen LogP contribution in [0.4, 0.5) is 25.1 Å². The van der Waals surface area contributed by atoms with Crippen molar-refractivity contribution in [3.8, 4) is 0 Å². The molecule has 5 nitrogen and oxygen atoms in total. The molecule has 2 heterocycles. The number of anilines is 2. The molecule has 20 heavy (non-hydrogen) atoms. The third-order valence-corrected chi connectivity index (χ3v) is 3.27. The lowest BCUT2D eigenvalue weighted by Gasteiger charge is -2.33. The highest BCUT2D eigenvalue weighted by Gasteiger charge is 2.42. The van der Waals surface area contributed by atoms with Crippen LogP contribution in [0.15, 0.2) is 0 Å². The van der Waals surface area contributed by atoms with Crippen molar-refractivity contribution in [1.82, 2.24) is 15.0 Å². The zero-order valence-corrected chi connectivity index (χ0v) is 11.7. The van der Waals surface area contributed by atoms with Crippen LogP contribution in [0, 0.1) is 5.92 Å². The van der Waals surface area contributed by atoms with E-state index in [1.807, 2.05) is 6.92 Å². The van der Waals surface area contributed by atoms with Gasteiger partial charge in [-0.3, -0.25) is 0 Å². The lowest BCUT2D eigenvalue weighted by Crippen LogP contribution is -2.42. The molecule has 1 aliphatic heterocycles. The highest BCUT2D eigenvalue weighted by molar-refractivity contribution is 6.28. The van der Waals surface area contributed by atoms with Crippen LogP contribution in [0.1, 0.15) is 19.8 Å². The number of nitrogens with one attached hydrogen (secondary N) is 1. The molecule has 112 valence electrons. The van der Waals surface area contributed by atoms with Gasteiger partial charge in [0.1, 0.15) is 0 Å². The Morgan fingerprint density at radius 2 is 2.10 bits per heavy atom. The Morgan fingerprint density at radius 1 is 1.35 bits per heavy atom. The summed E-state index contributed by atoms with van der Waals surface area (Å²) >= 11 is 5.78. The van der Waals surface area contributed by atoms with Gasteiger partial charge in [-0.2, -0.15) is 28.1 Å². The van der Waals surface area contributed by atoms with Crippen LogP contribution in [0.3, 0.4) is 0 Å². The molecule has 1 saturated heterocycles. The molecule has 1 N–H and O–H groups in total. The number of alkyl halides is 3. The van der Waals surface area contributed by atoms with Gasteiger partial charge in [-0.25, -0.2) is 0 Å². The molecule has 2 rings (SSSR count). The summed E-state index contributed by atoms with van der Waals surface area (Å²) in [5.74, 6) is -0.888. The fourth-order valence-corrected chi connectivity index (χ4v) is 2.30. The van der Waals surface area contributed by atoms with E-state index in [9.17, 15) is 13.2 Å². The van der Waals surface area contributed by atoms with Gasteiger partial charge in [0, 0.05) is 19.6 Å². The van der Waals surface area contributed by atoms with Gasteiger partial charge >= 0.3 is 6.18 Å². The van der Waals surface area contributed by atoms with Crippen molar-refractivity contribution in [3.05, 3.63) is 5.28 Å². The first kappa shape index (κ1) is 15.1. The van der Waals surface area contributed by atoms with Gasteiger partial charge in [-0.1, -0.05) is 0 Å². The number of rotatable bonds is 3. The Bertz CT molecular complexity index is 468. The average Bonchev–Trinajstić information content (AvgIpc) is 2.37. The topological polar surface area (TPSA) is 53.9 Å². The fourth-order valence-electron chi connectivity index (χ4n) is 2.14. The monoisotopic (exact) mass is 309 g/mol. The van der Waals surface area contributed by atoms with Crippen LogP contribution < -0.4 is 10.2 Å². The summed E-state index contributed by atoms with van der Waals surface area (Å²) in [6, 6.07) is 0. The Kier molecular flexibility index (Phi) is 4.52. The zero-order valence-electron chi connectivity index (χ0n) is 10.9. The van der Waals surface area contributed by atoms with Crippen LogP contribution in [-0.2, 0) is 0 Å². The van der Waals surface area contributed by atoms with E-state index in [0.29, 0.717) is 19.5 Å². The first-order valence-electron chi connectivity index (χ1n) is 6.37. The van der Waals surface area contributed by atoms with Crippen molar-refractivity contribution >= 4 is 23.5 Å². The van der Waals surface area contributed by atoms with E-state index in [0.717, 1.165) is 0 Å². The van der Waals surface area contributed by atoms with Gasteiger partial charge in [-0.05, 0) is 31.4 Å². The summed E-state index contributed by atoms with van der Waals surface area (Å²) in [5, 5.41) is 2.85. The first-order chi connectivity index (χ1) is 9.40. The molecule has 1 aromatic heterocycles. The largest absolute Gasteiger partial charge is 0.393 e. The summed E-state index contributed by atoms with van der Waals surface area (Å²) in [7, 11) is 0. The molecule has 0 saturated carbocycles. The van der Waals surface area contributed by atoms with Crippen molar-refractivity contribution in [2.75, 3.05) is 29.9 Å². The fraction of sp³-hybridized carbons (Fsp3) is 0.727. The predicted molar refractivity (Wildman–Crippen MR) is 70.0 cm³/mol. The predicted octanol–water partition coefficient (Wildman–Crippen LogP) is 2.74. The molecule has 1 unspecified atom stereocenters. The molecule has 0 aromatic carbocycles. The summed E-state index contributed by atoms with van der Waals surface area (Å²) < 4.78 is 38.4. The zero-order chi connectivity index (χ0) is 14.8. The average molecular weight is 310 g/mol. The maximum absolute atomic E-state index is 12.8. The van der Waals surface area contributed by atoms with Crippen molar-refractivity contribution < 1.29 is 13.2 Å². The molecular formula is C11H15ClF3N5. The molecule has 1 atom stereocenters. The molecule has 1 fully saturated rings. The summed E-state index contributed by atoms with van der Waals surface area (Å²) in [4.78, 5) is 13.4. The smallest absolute Gasteiger partial charge is 0.354 e. The number of nitrogens with zero attached hydrogens (tertiary/aromatic N) is 4. The van der Waals surface area contributed by atoms with E-state index < -0.39 is 12.1 Å². The lowest BCUT2D eigenvalue weighted by molar-refractivity contribution is -0.176. The Balaban J connectivity index is 2.18. The van der Waals surface area contributed by atoms with Crippen LogP contribution in [0.2, 0.25) is 5.28 Å². The molecule has 9 heteroatoms. The number of aromatic nitrogens is 3. The second kappa shape index (κ2) is 5.99. The molecule has 0 bridgehead atoms. The SMILES string of the molecule is CCNc1nc(Cl)nc(N2CCCC(C(F)(F)F)C2)n1. The molecule has 0 radical (unpaired) electrons. The quantitative estimate of drug-likeness (QED) is 0.930. The van der Waals surface area contributed by atoms with Crippen LogP contribution in [0.25, 0.3) is 0 Å². The number of piperidine rings is 1. The minimum absolute atomic E-state index is 0.0277. The molecule has 0 aliphatic carbocycles. The summed E-state index contributed by atoms with van der Waals surface area (Å²) in [5.41, 5.74) is 0. The second-order valence-corrected chi connectivity index (χ2v) is 4.92. The molecule has 1 aromatic rings. The van der Waals surface area contributed by atoms with Gasteiger partial charge in [0.25, 0.3) is 0 Å². The van der Waals surface area contributed by atoms with Gasteiger partial charge in [0.2, 0.25) is 17.2 Å². The van der Waals surface area contributed by atoms with E-state index in [-0.39, 0.29) is 30.1 Å². The van der Waals surface area contributed by atoms with E-state index in [4.69, 9.17) is 11.6 Å². The minimum atomic E-state index is -4.19. The summed E-state index contributed by atoms with van der Waals surface area (Å²) in [6.07, 6.45) is -3.61. The van der Waals surface area contributed by atoms with Gasteiger partial charge < -0.3 is 10.2 Å².